The second kappa shape index (κ2) is 16.2. The molecule has 10 heteroatoms. The number of esters is 1. The van der Waals surface area contributed by atoms with Gasteiger partial charge in [-0.25, -0.2) is 9.59 Å². The highest BCUT2D eigenvalue weighted by Crippen LogP contribution is 2.25. The van der Waals surface area contributed by atoms with Crippen LogP contribution in [-0.2, 0) is 36.7 Å². The summed E-state index contributed by atoms with van der Waals surface area (Å²) in [6.07, 6.45) is 0.554. The fourth-order valence-corrected chi connectivity index (χ4v) is 4.52. The molecule has 0 aliphatic rings. The van der Waals surface area contributed by atoms with E-state index >= 15 is 0 Å². The zero-order valence-corrected chi connectivity index (χ0v) is 27.3. The molecule has 0 spiro atoms. The van der Waals surface area contributed by atoms with Crippen molar-refractivity contribution in [1.29, 1.82) is 0 Å². The summed E-state index contributed by atoms with van der Waals surface area (Å²) in [5, 5.41) is 15.4. The topological polar surface area (TPSA) is 134 Å². The maximum atomic E-state index is 14.2. The second-order valence-electron chi connectivity index (χ2n) is 12.7. The lowest BCUT2D eigenvalue weighted by Crippen LogP contribution is -2.56. The molecular formula is C34H49N3O7. The summed E-state index contributed by atoms with van der Waals surface area (Å²) in [4.78, 5) is 55.3. The highest BCUT2D eigenvalue weighted by molar-refractivity contribution is 5.94. The number of hydrogen-bond donors (Lipinski definition) is 3. The van der Waals surface area contributed by atoms with Gasteiger partial charge in [-0.3, -0.25) is 9.59 Å². The maximum absolute atomic E-state index is 14.2. The zero-order chi connectivity index (χ0) is 33.1. The number of aliphatic hydroxyl groups is 1. The van der Waals surface area contributed by atoms with Gasteiger partial charge in [-0.05, 0) is 71.1 Å². The summed E-state index contributed by atoms with van der Waals surface area (Å²) in [5.74, 6) is -1.88. The average Bonchev–Trinajstić information content (AvgIpc) is 2.94. The van der Waals surface area contributed by atoms with E-state index in [0.29, 0.717) is 12.0 Å². The van der Waals surface area contributed by atoms with Crippen LogP contribution in [0.4, 0.5) is 4.79 Å². The molecule has 2 rings (SSSR count). The first-order valence-corrected chi connectivity index (χ1v) is 15.1. The van der Waals surface area contributed by atoms with Crippen LogP contribution in [0.25, 0.3) is 0 Å². The Hall–Kier alpha value is -3.92. The molecule has 0 saturated carbocycles. The summed E-state index contributed by atoms with van der Waals surface area (Å²) >= 11 is 0. The van der Waals surface area contributed by atoms with Gasteiger partial charge in [0.15, 0.2) is 0 Å². The van der Waals surface area contributed by atoms with E-state index in [4.69, 9.17) is 9.47 Å². The van der Waals surface area contributed by atoms with Crippen molar-refractivity contribution < 1.29 is 33.8 Å². The van der Waals surface area contributed by atoms with Crippen molar-refractivity contribution in [3.05, 3.63) is 71.3 Å². The van der Waals surface area contributed by atoms with Gasteiger partial charge < -0.3 is 30.1 Å². The molecule has 2 aromatic carbocycles. The molecule has 0 aliphatic carbocycles. The molecule has 0 saturated heterocycles. The van der Waals surface area contributed by atoms with Gasteiger partial charge in [0, 0.05) is 13.0 Å². The molecule has 0 radical (unpaired) electrons. The fraction of sp³-hybridized carbons (Fsp3) is 0.529. The molecule has 0 bridgehead atoms. The van der Waals surface area contributed by atoms with E-state index in [1.165, 1.54) is 4.90 Å². The molecule has 3 unspecified atom stereocenters. The third kappa shape index (κ3) is 11.6. The van der Waals surface area contributed by atoms with Gasteiger partial charge in [0.1, 0.15) is 29.3 Å². The van der Waals surface area contributed by atoms with Crippen LogP contribution in [0.3, 0.4) is 0 Å². The minimum absolute atomic E-state index is 0.134. The fourth-order valence-electron chi connectivity index (χ4n) is 4.52. The van der Waals surface area contributed by atoms with Crippen molar-refractivity contribution in [2.45, 2.75) is 104 Å². The largest absolute Gasteiger partial charge is 0.458 e. The van der Waals surface area contributed by atoms with Crippen molar-refractivity contribution in [1.82, 2.24) is 15.5 Å². The average molecular weight is 612 g/mol. The minimum Gasteiger partial charge on any atom is -0.458 e. The summed E-state index contributed by atoms with van der Waals surface area (Å²) in [5.41, 5.74) is 0.749. The molecule has 3 N–H and O–H groups in total. The van der Waals surface area contributed by atoms with Crippen molar-refractivity contribution in [2.24, 2.45) is 0 Å². The van der Waals surface area contributed by atoms with E-state index in [2.05, 4.69) is 10.6 Å². The molecule has 242 valence electrons. The lowest BCUT2D eigenvalue weighted by molar-refractivity contribution is -0.159. The number of amides is 3. The number of nitrogens with one attached hydrogen (secondary N) is 2. The first-order valence-electron chi connectivity index (χ1n) is 15.1. The minimum atomic E-state index is -1.37. The van der Waals surface area contributed by atoms with E-state index < -0.39 is 59.8 Å². The Kier molecular flexibility index (Phi) is 13.4. The smallest absolute Gasteiger partial charge is 0.408 e. The summed E-state index contributed by atoms with van der Waals surface area (Å²) in [6.45, 7) is 13.6. The Balaban J connectivity index is 2.53. The quantitative estimate of drug-likeness (QED) is 0.284. The highest BCUT2D eigenvalue weighted by atomic mass is 16.6. The van der Waals surface area contributed by atoms with Gasteiger partial charge >= 0.3 is 12.1 Å². The Bertz CT molecular complexity index is 1230. The van der Waals surface area contributed by atoms with Crippen LogP contribution in [0.2, 0.25) is 0 Å². The van der Waals surface area contributed by atoms with Crippen LogP contribution in [-0.4, -0.2) is 70.3 Å². The van der Waals surface area contributed by atoms with Crippen LogP contribution in [0, 0.1) is 0 Å². The molecule has 3 atom stereocenters. The zero-order valence-electron chi connectivity index (χ0n) is 27.3. The maximum Gasteiger partial charge on any atom is 0.408 e. The molecule has 0 heterocycles. The monoisotopic (exact) mass is 611 g/mol. The van der Waals surface area contributed by atoms with Crippen LogP contribution >= 0.6 is 0 Å². The van der Waals surface area contributed by atoms with E-state index in [1.807, 2.05) is 56.3 Å². The summed E-state index contributed by atoms with van der Waals surface area (Å²) in [6, 6.07) is 13.0. The molecule has 44 heavy (non-hydrogen) atoms. The Morgan fingerprint density at radius 2 is 1.39 bits per heavy atom. The number of carbonyl (C=O) groups excluding carboxylic acids is 4. The molecule has 2 aromatic rings. The molecule has 10 nitrogen and oxygen atoms in total. The lowest BCUT2D eigenvalue weighted by atomic mass is 9.99. The normalized spacial score (nSPS) is 13.7. The third-order valence-corrected chi connectivity index (χ3v) is 6.47. The Morgan fingerprint density at radius 3 is 1.89 bits per heavy atom. The Morgan fingerprint density at radius 1 is 0.795 bits per heavy atom. The number of ether oxygens (including phenoxy) is 2. The van der Waals surface area contributed by atoms with E-state index in [-0.39, 0.29) is 13.0 Å². The van der Waals surface area contributed by atoms with Gasteiger partial charge in [-0.2, -0.15) is 0 Å². The van der Waals surface area contributed by atoms with E-state index in [0.717, 1.165) is 17.5 Å². The molecule has 0 fully saturated rings. The summed E-state index contributed by atoms with van der Waals surface area (Å²) in [7, 11) is 0. The first kappa shape index (κ1) is 36.3. The molecule has 3 amide bonds. The van der Waals surface area contributed by atoms with Gasteiger partial charge in [-0.1, -0.05) is 68.4 Å². The number of hydrogen-bond acceptors (Lipinski definition) is 7. The molecular weight excluding hydrogens is 562 g/mol. The molecule has 0 aromatic heterocycles. The van der Waals surface area contributed by atoms with Gasteiger partial charge in [-0.15, -0.1) is 0 Å². The second-order valence-corrected chi connectivity index (χ2v) is 12.7. The van der Waals surface area contributed by atoms with Crippen molar-refractivity contribution in [3.63, 3.8) is 0 Å². The van der Waals surface area contributed by atoms with Gasteiger partial charge in [0.05, 0.1) is 6.61 Å². The highest BCUT2D eigenvalue weighted by Gasteiger charge is 2.38. The summed E-state index contributed by atoms with van der Waals surface area (Å²) < 4.78 is 10.9. The SMILES string of the molecule is CCCN(C(=O)C(CO)NC(=O)OC(C)(C)C)C(C(=O)NC(Cc1ccccc1)C(=O)OC(C)(C)C)c1ccc(CC)cc1. The number of rotatable bonds is 13. The number of aryl methyl sites for hydroxylation is 1. The Labute approximate surface area is 261 Å². The van der Waals surface area contributed by atoms with Gasteiger partial charge in [0.2, 0.25) is 11.8 Å². The van der Waals surface area contributed by atoms with Crippen molar-refractivity contribution in [3.8, 4) is 0 Å². The van der Waals surface area contributed by atoms with E-state index in [1.54, 1.807) is 53.7 Å². The van der Waals surface area contributed by atoms with Crippen molar-refractivity contribution in [2.75, 3.05) is 13.2 Å². The predicted molar refractivity (Wildman–Crippen MR) is 169 cm³/mol. The van der Waals surface area contributed by atoms with Gasteiger partial charge in [0.25, 0.3) is 0 Å². The third-order valence-electron chi connectivity index (χ3n) is 6.47. The first-order chi connectivity index (χ1) is 20.6. The van der Waals surface area contributed by atoms with Crippen LogP contribution in [0.15, 0.2) is 54.6 Å². The number of alkyl carbamates (subject to hydrolysis) is 1. The number of benzene rings is 2. The standard InChI is InChI=1S/C34H49N3O7/c1-9-20-37(30(40)27(22-38)36-32(42)44-34(6,7)8)28(25-18-16-23(10-2)17-19-25)29(39)35-26(31(41)43-33(3,4)5)21-24-14-12-11-13-15-24/h11-19,26-28,38H,9-10,20-22H2,1-8H3,(H,35,39)(H,36,42). The van der Waals surface area contributed by atoms with E-state index in [9.17, 15) is 24.3 Å². The lowest BCUT2D eigenvalue weighted by Gasteiger charge is -2.35. The van der Waals surface area contributed by atoms with Crippen LogP contribution < -0.4 is 10.6 Å². The number of nitrogens with zero attached hydrogens (tertiary/aromatic N) is 1. The predicted octanol–water partition coefficient (Wildman–Crippen LogP) is 4.48. The number of carbonyl (C=O) groups is 4. The van der Waals surface area contributed by atoms with Crippen LogP contribution in [0.1, 0.15) is 84.5 Å². The van der Waals surface area contributed by atoms with Crippen LogP contribution in [0.5, 0.6) is 0 Å². The number of aliphatic hydroxyl groups excluding tert-OH is 1. The molecule has 0 aliphatic heterocycles. The van der Waals surface area contributed by atoms with Crippen molar-refractivity contribution >= 4 is 23.9 Å².